The van der Waals surface area contributed by atoms with Crippen molar-refractivity contribution in [1.82, 2.24) is 5.32 Å². The predicted molar refractivity (Wildman–Crippen MR) is 54.6 cm³/mol. The molecule has 0 spiro atoms. The molecule has 13 heavy (non-hydrogen) atoms. The minimum Gasteiger partial charge on any atom is -0.310 e. The van der Waals surface area contributed by atoms with Crippen molar-refractivity contribution >= 4 is 0 Å². The van der Waals surface area contributed by atoms with Crippen molar-refractivity contribution in [2.24, 2.45) is 10.8 Å². The van der Waals surface area contributed by atoms with Gasteiger partial charge in [-0.3, -0.25) is 0 Å². The minimum atomic E-state index is 0.633. The summed E-state index contributed by atoms with van der Waals surface area (Å²) in [5.74, 6) is 0. The molecular weight excluding hydrogens is 158 g/mol. The highest BCUT2D eigenvalue weighted by molar-refractivity contribution is 5.16. The zero-order valence-corrected chi connectivity index (χ0v) is 8.90. The lowest BCUT2D eigenvalue weighted by molar-refractivity contribution is 0.110. The lowest BCUT2D eigenvalue weighted by Gasteiger charge is -2.40. The summed E-state index contributed by atoms with van der Waals surface area (Å²) >= 11 is 0. The van der Waals surface area contributed by atoms with Gasteiger partial charge in [0.2, 0.25) is 0 Å². The molecule has 1 heterocycles. The maximum absolute atomic E-state index is 3.90. The third-order valence-corrected chi connectivity index (χ3v) is 5.62. The third-order valence-electron chi connectivity index (χ3n) is 5.62. The molecule has 1 heteroatoms. The first kappa shape index (κ1) is 8.28. The highest BCUT2D eigenvalue weighted by Gasteiger charge is 2.62. The third kappa shape index (κ3) is 0.782. The largest absolute Gasteiger partial charge is 0.310 e. The fraction of sp³-hybridized carbons (Fsp3) is 1.00. The van der Waals surface area contributed by atoms with Crippen molar-refractivity contribution < 1.29 is 0 Å². The number of fused-ring (bicyclic) bond motifs is 3. The van der Waals surface area contributed by atoms with Crippen LogP contribution in [0.4, 0.5) is 0 Å². The van der Waals surface area contributed by atoms with Gasteiger partial charge in [0.05, 0.1) is 0 Å². The second kappa shape index (κ2) is 2.31. The molecule has 2 aliphatic carbocycles. The van der Waals surface area contributed by atoms with E-state index in [1.54, 1.807) is 0 Å². The topological polar surface area (TPSA) is 12.0 Å². The molecule has 1 saturated heterocycles. The monoisotopic (exact) mass is 179 g/mol. The van der Waals surface area contributed by atoms with E-state index in [0.717, 1.165) is 12.1 Å². The van der Waals surface area contributed by atoms with Crippen LogP contribution in [0.2, 0.25) is 0 Å². The zero-order chi connectivity index (χ0) is 9.10. The van der Waals surface area contributed by atoms with Gasteiger partial charge in [0, 0.05) is 12.1 Å². The van der Waals surface area contributed by atoms with E-state index in [1.165, 1.54) is 38.5 Å². The Kier molecular flexibility index (Phi) is 1.47. The number of nitrogens with one attached hydrogen (secondary N) is 1. The summed E-state index contributed by atoms with van der Waals surface area (Å²) in [5, 5.41) is 3.90. The van der Waals surface area contributed by atoms with Crippen LogP contribution in [0.5, 0.6) is 0 Å². The van der Waals surface area contributed by atoms with E-state index >= 15 is 0 Å². The van der Waals surface area contributed by atoms with Crippen LogP contribution in [0.15, 0.2) is 0 Å². The Morgan fingerprint density at radius 3 is 1.85 bits per heavy atom. The first-order chi connectivity index (χ1) is 6.17. The number of rotatable bonds is 0. The van der Waals surface area contributed by atoms with Crippen LogP contribution in [-0.2, 0) is 0 Å². The summed E-state index contributed by atoms with van der Waals surface area (Å²) in [4.78, 5) is 0. The van der Waals surface area contributed by atoms with E-state index in [-0.39, 0.29) is 0 Å². The maximum atomic E-state index is 3.90. The van der Waals surface area contributed by atoms with E-state index in [4.69, 9.17) is 0 Å². The zero-order valence-electron chi connectivity index (χ0n) is 8.90. The molecule has 0 unspecified atom stereocenters. The van der Waals surface area contributed by atoms with Crippen LogP contribution in [0.3, 0.4) is 0 Å². The Hall–Kier alpha value is -0.0400. The molecule has 74 valence electrons. The van der Waals surface area contributed by atoms with Crippen LogP contribution in [-0.4, -0.2) is 12.1 Å². The molecule has 0 amide bonds. The second-order valence-electron chi connectivity index (χ2n) is 5.89. The molecule has 1 nitrogen and oxygen atoms in total. The van der Waals surface area contributed by atoms with Gasteiger partial charge in [0.15, 0.2) is 0 Å². The predicted octanol–water partition coefficient (Wildman–Crippen LogP) is 2.71. The van der Waals surface area contributed by atoms with Gasteiger partial charge in [-0.15, -0.1) is 0 Å². The van der Waals surface area contributed by atoms with Crippen LogP contribution in [0.1, 0.15) is 52.4 Å². The fourth-order valence-corrected chi connectivity index (χ4v) is 4.48. The smallest absolute Gasteiger partial charge is 0.0129 e. The average Bonchev–Trinajstić information content (AvgIpc) is 2.65. The molecule has 0 aromatic heterocycles. The van der Waals surface area contributed by atoms with Gasteiger partial charge in [0.25, 0.3) is 0 Å². The highest BCUT2D eigenvalue weighted by atomic mass is 15.1. The normalized spacial score (nSPS) is 59.5. The first-order valence-corrected chi connectivity index (χ1v) is 5.93. The van der Waals surface area contributed by atoms with Gasteiger partial charge in [-0.2, -0.15) is 0 Å². The number of hydrogen-bond donors (Lipinski definition) is 1. The van der Waals surface area contributed by atoms with Crippen LogP contribution in [0, 0.1) is 10.8 Å². The molecule has 4 atom stereocenters. The van der Waals surface area contributed by atoms with Crippen molar-refractivity contribution in [2.45, 2.75) is 64.5 Å². The summed E-state index contributed by atoms with van der Waals surface area (Å²) < 4.78 is 0. The molecule has 3 aliphatic rings. The van der Waals surface area contributed by atoms with Gasteiger partial charge >= 0.3 is 0 Å². The molecule has 0 radical (unpaired) electrons. The Morgan fingerprint density at radius 2 is 1.38 bits per heavy atom. The minimum absolute atomic E-state index is 0.633. The summed E-state index contributed by atoms with van der Waals surface area (Å²) in [5.41, 5.74) is 1.27. The lowest BCUT2D eigenvalue weighted by atomic mass is 9.63. The van der Waals surface area contributed by atoms with E-state index in [1.807, 2.05) is 0 Å². The van der Waals surface area contributed by atoms with Crippen LogP contribution in [0.25, 0.3) is 0 Å². The van der Waals surface area contributed by atoms with Gasteiger partial charge in [-0.25, -0.2) is 0 Å². The molecule has 0 aromatic rings. The van der Waals surface area contributed by atoms with E-state index in [2.05, 4.69) is 19.2 Å². The van der Waals surface area contributed by atoms with Crippen molar-refractivity contribution in [2.75, 3.05) is 0 Å². The van der Waals surface area contributed by atoms with Gasteiger partial charge in [0.1, 0.15) is 0 Å². The Morgan fingerprint density at radius 1 is 0.923 bits per heavy atom. The van der Waals surface area contributed by atoms with Crippen molar-refractivity contribution in [3.8, 4) is 0 Å². The van der Waals surface area contributed by atoms with Crippen molar-refractivity contribution in [3.63, 3.8) is 0 Å². The Bertz CT molecular complexity index is 213. The average molecular weight is 179 g/mol. The van der Waals surface area contributed by atoms with Crippen molar-refractivity contribution in [1.29, 1.82) is 0 Å². The summed E-state index contributed by atoms with van der Waals surface area (Å²) in [6.45, 7) is 5.09. The molecule has 0 bridgehead atoms. The summed E-state index contributed by atoms with van der Waals surface area (Å²) in [7, 11) is 0. The summed E-state index contributed by atoms with van der Waals surface area (Å²) in [6.07, 6.45) is 8.72. The molecule has 0 aromatic carbocycles. The number of hydrogen-bond acceptors (Lipinski definition) is 1. The van der Waals surface area contributed by atoms with E-state index < -0.39 is 0 Å². The molecule has 1 N–H and O–H groups in total. The molecule has 1 aliphatic heterocycles. The standard InChI is InChI=1S/C12H21N/c1-11-7-3-5-9(11)13-10-6-4-8-12(10,11)2/h9-10,13H,3-8H2,1-2H3/t9-,10+,11+,12-. The molecule has 3 fully saturated rings. The first-order valence-electron chi connectivity index (χ1n) is 5.93. The van der Waals surface area contributed by atoms with E-state index in [0.29, 0.717) is 10.8 Å². The molecular formula is C12H21N. The summed E-state index contributed by atoms with van der Waals surface area (Å²) in [6, 6.07) is 1.70. The quantitative estimate of drug-likeness (QED) is 0.603. The highest BCUT2D eigenvalue weighted by Crippen LogP contribution is 2.62. The second-order valence-corrected chi connectivity index (χ2v) is 5.89. The van der Waals surface area contributed by atoms with Crippen LogP contribution >= 0.6 is 0 Å². The van der Waals surface area contributed by atoms with Gasteiger partial charge in [-0.1, -0.05) is 26.7 Å². The maximum Gasteiger partial charge on any atom is 0.0129 e. The lowest BCUT2D eigenvalue weighted by Crippen LogP contribution is -2.37. The SMILES string of the molecule is C[C@]12CCC[C@H]1N[C@H]1CCC[C@]12C. The van der Waals surface area contributed by atoms with Gasteiger partial charge in [-0.05, 0) is 36.5 Å². The van der Waals surface area contributed by atoms with Crippen LogP contribution < -0.4 is 5.32 Å². The van der Waals surface area contributed by atoms with E-state index in [9.17, 15) is 0 Å². The Balaban J connectivity index is 2.02. The molecule has 2 saturated carbocycles. The molecule has 3 rings (SSSR count). The van der Waals surface area contributed by atoms with Gasteiger partial charge < -0.3 is 5.32 Å². The Labute approximate surface area is 81.3 Å². The fourth-order valence-electron chi connectivity index (χ4n) is 4.48. The van der Waals surface area contributed by atoms with Crippen molar-refractivity contribution in [3.05, 3.63) is 0 Å².